The molecule has 0 spiro atoms. The van der Waals surface area contributed by atoms with Gasteiger partial charge in [0.05, 0.1) is 0 Å². The molecule has 6 rings (SSSR count). The van der Waals surface area contributed by atoms with E-state index in [1.54, 1.807) is 36.4 Å². The standard InChI is InChI=1S/C42H45N6O4P/c1-4-43-31-7-13-34(14-8-31)46-37-19-25-40(26-20-37)50-53(49,51-41-27-21-38(22-28-41)47-35-15-9-32(10-16-35)44-5-2)52-42-29-23-39(24-30-42)48-36-17-11-33(12-18-36)45-6-3/h7-30,43-48H,4-6H2,1-3H3. The van der Waals surface area contributed by atoms with Gasteiger partial charge in [-0.1, -0.05) is 0 Å². The first-order chi connectivity index (χ1) is 25.9. The minimum Gasteiger partial charge on any atom is -0.386 e. The van der Waals surface area contributed by atoms with Gasteiger partial charge in [-0.05, 0) is 166 Å². The zero-order valence-electron chi connectivity index (χ0n) is 30.1. The number of nitrogens with one attached hydrogen (secondary N) is 6. The van der Waals surface area contributed by atoms with Gasteiger partial charge in [-0.3, -0.25) is 0 Å². The Hall–Kier alpha value is -6.25. The molecule has 272 valence electrons. The van der Waals surface area contributed by atoms with E-state index in [-0.39, 0.29) is 0 Å². The van der Waals surface area contributed by atoms with Crippen molar-refractivity contribution >= 4 is 59.0 Å². The molecule has 0 aliphatic heterocycles. The lowest BCUT2D eigenvalue weighted by Gasteiger charge is -2.20. The number of rotatable bonds is 18. The van der Waals surface area contributed by atoms with E-state index in [4.69, 9.17) is 13.6 Å². The second kappa shape index (κ2) is 17.8. The molecular weight excluding hydrogens is 683 g/mol. The Morgan fingerprint density at radius 3 is 0.736 bits per heavy atom. The maximum atomic E-state index is 14.4. The van der Waals surface area contributed by atoms with Gasteiger partial charge in [-0.15, -0.1) is 0 Å². The first-order valence-electron chi connectivity index (χ1n) is 17.7. The predicted molar refractivity (Wildman–Crippen MR) is 220 cm³/mol. The molecule has 0 atom stereocenters. The Morgan fingerprint density at radius 1 is 0.340 bits per heavy atom. The van der Waals surface area contributed by atoms with Crippen LogP contribution in [0.5, 0.6) is 17.2 Å². The first kappa shape index (κ1) is 36.5. The molecule has 0 aliphatic carbocycles. The maximum Gasteiger partial charge on any atom is 0.647 e. The molecule has 53 heavy (non-hydrogen) atoms. The van der Waals surface area contributed by atoms with Crippen molar-refractivity contribution < 1.29 is 18.1 Å². The van der Waals surface area contributed by atoms with E-state index in [1.165, 1.54) is 0 Å². The van der Waals surface area contributed by atoms with Gasteiger partial charge in [0, 0.05) is 70.8 Å². The summed E-state index contributed by atoms with van der Waals surface area (Å²) >= 11 is 0. The average molecular weight is 729 g/mol. The molecule has 0 radical (unpaired) electrons. The molecule has 0 heterocycles. The molecule has 6 aromatic rings. The summed E-state index contributed by atoms with van der Waals surface area (Å²) in [6.45, 7) is 8.76. The van der Waals surface area contributed by atoms with Gasteiger partial charge in [-0.2, -0.15) is 4.57 Å². The summed E-state index contributed by atoms with van der Waals surface area (Å²) in [6.07, 6.45) is 0. The number of phosphoric ester groups is 1. The molecule has 0 unspecified atom stereocenters. The quantitative estimate of drug-likeness (QED) is 0.0478. The first-order valence-corrected chi connectivity index (χ1v) is 19.2. The summed E-state index contributed by atoms with van der Waals surface area (Å²) < 4.78 is 32.4. The van der Waals surface area contributed by atoms with E-state index in [2.05, 4.69) is 52.7 Å². The lowest BCUT2D eigenvalue weighted by molar-refractivity contribution is 0.298. The maximum absolute atomic E-state index is 14.4. The van der Waals surface area contributed by atoms with Crippen LogP contribution in [0.15, 0.2) is 146 Å². The van der Waals surface area contributed by atoms with Gasteiger partial charge < -0.3 is 45.5 Å². The van der Waals surface area contributed by atoms with Crippen molar-refractivity contribution in [1.29, 1.82) is 0 Å². The number of anilines is 9. The van der Waals surface area contributed by atoms with Crippen LogP contribution in [0, 0.1) is 0 Å². The van der Waals surface area contributed by atoms with Crippen LogP contribution in [0.2, 0.25) is 0 Å². The molecule has 0 bridgehead atoms. The van der Waals surface area contributed by atoms with Crippen molar-refractivity contribution in [3.05, 3.63) is 146 Å². The van der Waals surface area contributed by atoms with Crippen molar-refractivity contribution in [2.24, 2.45) is 0 Å². The minimum absolute atomic E-state index is 0.319. The SMILES string of the molecule is CCNc1ccc(Nc2ccc(OP(=O)(Oc3ccc(Nc4ccc(NCC)cc4)cc3)Oc3ccc(Nc4ccc(NCC)cc4)cc3)cc2)cc1. The molecule has 10 nitrogen and oxygen atoms in total. The molecule has 0 amide bonds. The molecule has 0 fully saturated rings. The lowest BCUT2D eigenvalue weighted by Crippen LogP contribution is -2.08. The van der Waals surface area contributed by atoms with Gasteiger partial charge in [-0.25, -0.2) is 0 Å². The van der Waals surface area contributed by atoms with Gasteiger partial charge in [0.2, 0.25) is 0 Å². The smallest absolute Gasteiger partial charge is 0.386 e. The summed E-state index contributed by atoms with van der Waals surface area (Å²) in [5.74, 6) is 0.958. The van der Waals surface area contributed by atoms with E-state index in [1.807, 2.05) is 109 Å². The second-order valence-electron chi connectivity index (χ2n) is 12.0. The fourth-order valence-corrected chi connectivity index (χ4v) is 6.62. The zero-order valence-corrected chi connectivity index (χ0v) is 31.0. The fraction of sp³-hybridized carbons (Fsp3) is 0.143. The van der Waals surface area contributed by atoms with Crippen LogP contribution in [0.25, 0.3) is 0 Å². The van der Waals surface area contributed by atoms with Gasteiger partial charge in [0.1, 0.15) is 17.2 Å². The highest BCUT2D eigenvalue weighted by Crippen LogP contribution is 2.50. The van der Waals surface area contributed by atoms with E-state index >= 15 is 0 Å². The molecule has 6 N–H and O–H groups in total. The van der Waals surface area contributed by atoms with Crippen molar-refractivity contribution in [3.8, 4) is 17.2 Å². The van der Waals surface area contributed by atoms with E-state index in [9.17, 15) is 4.57 Å². The topological polar surface area (TPSA) is 117 Å². The molecule has 0 aromatic heterocycles. The summed E-state index contributed by atoms with van der Waals surface area (Å²) in [5, 5.41) is 20.0. The number of hydrogen-bond donors (Lipinski definition) is 6. The number of hydrogen-bond acceptors (Lipinski definition) is 10. The largest absolute Gasteiger partial charge is 0.647 e. The third-order valence-electron chi connectivity index (χ3n) is 7.88. The second-order valence-corrected chi connectivity index (χ2v) is 13.4. The lowest BCUT2D eigenvalue weighted by atomic mass is 10.2. The highest BCUT2D eigenvalue weighted by atomic mass is 31.2. The van der Waals surface area contributed by atoms with Gasteiger partial charge in [0.15, 0.2) is 0 Å². The Labute approximate surface area is 311 Å². The Bertz CT molecular complexity index is 1820. The third-order valence-corrected chi connectivity index (χ3v) is 9.18. The Morgan fingerprint density at radius 2 is 0.528 bits per heavy atom. The highest BCUT2D eigenvalue weighted by molar-refractivity contribution is 7.49. The number of phosphoric acid groups is 1. The fourth-order valence-electron chi connectivity index (χ4n) is 5.37. The highest BCUT2D eigenvalue weighted by Gasteiger charge is 2.33. The number of benzene rings is 6. The van der Waals surface area contributed by atoms with Crippen molar-refractivity contribution in [1.82, 2.24) is 0 Å². The van der Waals surface area contributed by atoms with E-state index < -0.39 is 7.82 Å². The van der Waals surface area contributed by atoms with Crippen LogP contribution in [0.4, 0.5) is 51.2 Å². The Kier molecular flexibility index (Phi) is 12.3. The summed E-state index contributed by atoms with van der Waals surface area (Å²) in [7, 11) is -4.25. The summed E-state index contributed by atoms with van der Waals surface area (Å²) in [4.78, 5) is 0. The Balaban J connectivity index is 1.16. The van der Waals surface area contributed by atoms with E-state index in [0.29, 0.717) is 17.2 Å². The van der Waals surface area contributed by atoms with Gasteiger partial charge in [0.25, 0.3) is 0 Å². The minimum atomic E-state index is -4.25. The monoisotopic (exact) mass is 728 g/mol. The van der Waals surface area contributed by atoms with Crippen molar-refractivity contribution in [2.45, 2.75) is 20.8 Å². The third kappa shape index (κ3) is 10.9. The van der Waals surface area contributed by atoms with Crippen LogP contribution < -0.4 is 45.5 Å². The van der Waals surface area contributed by atoms with Crippen LogP contribution in [-0.4, -0.2) is 19.6 Å². The van der Waals surface area contributed by atoms with E-state index in [0.717, 1.165) is 70.8 Å². The van der Waals surface area contributed by atoms with Crippen molar-refractivity contribution in [2.75, 3.05) is 51.5 Å². The average Bonchev–Trinajstić information content (AvgIpc) is 3.17. The molecule has 0 saturated carbocycles. The van der Waals surface area contributed by atoms with Crippen LogP contribution in [-0.2, 0) is 4.57 Å². The van der Waals surface area contributed by atoms with Crippen LogP contribution >= 0.6 is 7.82 Å². The van der Waals surface area contributed by atoms with Gasteiger partial charge >= 0.3 is 7.82 Å². The molecular formula is C42H45N6O4P. The molecule has 0 saturated heterocycles. The van der Waals surface area contributed by atoms with Crippen LogP contribution in [0.3, 0.4) is 0 Å². The predicted octanol–water partition coefficient (Wildman–Crippen LogP) is 11.9. The normalized spacial score (nSPS) is 10.8. The van der Waals surface area contributed by atoms with Crippen LogP contribution in [0.1, 0.15) is 20.8 Å². The molecule has 6 aromatic carbocycles. The summed E-state index contributed by atoms with van der Waals surface area (Å²) in [5.41, 5.74) is 8.48. The molecule has 0 aliphatic rings. The van der Waals surface area contributed by atoms with Crippen molar-refractivity contribution in [3.63, 3.8) is 0 Å². The zero-order chi connectivity index (χ0) is 36.9. The summed E-state index contributed by atoms with van der Waals surface area (Å²) in [6, 6.07) is 45.5. The molecule has 11 heteroatoms.